The molecule has 0 spiro atoms. The molecule has 2 N–H and O–H groups in total. The number of aryl methyl sites for hydroxylation is 1. The molecule has 1 fully saturated rings. The Hall–Kier alpha value is -1.60. The van der Waals surface area contributed by atoms with E-state index in [0.717, 1.165) is 31.9 Å². The number of hydrogen-bond acceptors (Lipinski definition) is 4. The summed E-state index contributed by atoms with van der Waals surface area (Å²) in [6.45, 7) is 5.95. The first-order valence-corrected chi connectivity index (χ1v) is 10.0. The average molecular weight is 396 g/mol. The highest BCUT2D eigenvalue weighted by Gasteiger charge is 2.27. The van der Waals surface area contributed by atoms with E-state index < -0.39 is 0 Å². The fraction of sp³-hybridized carbons (Fsp3) is 0.421. The Morgan fingerprint density at radius 1 is 1.38 bits per heavy atom. The molecule has 0 unspecified atom stereocenters. The van der Waals surface area contributed by atoms with Crippen molar-refractivity contribution in [3.05, 3.63) is 51.2 Å². The lowest BCUT2D eigenvalue weighted by Crippen LogP contribution is -3.15. The van der Waals surface area contributed by atoms with Crippen molar-refractivity contribution in [1.29, 1.82) is 0 Å². The van der Waals surface area contributed by atoms with Crippen LogP contribution in [0.4, 0.5) is 0 Å². The maximum absolute atomic E-state index is 12.3. The molecule has 5 nitrogen and oxygen atoms in total. The van der Waals surface area contributed by atoms with Crippen LogP contribution in [-0.4, -0.2) is 45.4 Å². The number of carbonyl (C=O) groups is 1. The van der Waals surface area contributed by atoms with E-state index in [-0.39, 0.29) is 18.6 Å². The first-order chi connectivity index (χ1) is 12.6. The van der Waals surface area contributed by atoms with Gasteiger partial charge in [-0.3, -0.25) is 4.79 Å². The van der Waals surface area contributed by atoms with Crippen molar-refractivity contribution in [2.75, 3.05) is 39.5 Å². The molecule has 7 heteroatoms. The molecule has 26 heavy (non-hydrogen) atoms. The molecule has 1 aliphatic rings. The molecule has 2 aromatic rings. The number of quaternary nitrogens is 1. The number of thiophene rings is 1. The van der Waals surface area contributed by atoms with Crippen LogP contribution in [0, 0.1) is 6.92 Å². The van der Waals surface area contributed by atoms with E-state index in [0.29, 0.717) is 17.3 Å². The van der Waals surface area contributed by atoms with E-state index in [1.54, 1.807) is 23.5 Å². The van der Waals surface area contributed by atoms with Gasteiger partial charge in [0.1, 0.15) is 24.9 Å². The molecule has 0 radical (unpaired) electrons. The Bertz CT molecular complexity index is 718. The number of carbonyl (C=O) groups excluding carboxylic acids is 1. The van der Waals surface area contributed by atoms with Gasteiger partial charge in [0, 0.05) is 5.02 Å². The third-order valence-corrected chi connectivity index (χ3v) is 5.73. The van der Waals surface area contributed by atoms with Crippen molar-refractivity contribution in [1.82, 2.24) is 5.32 Å². The van der Waals surface area contributed by atoms with Crippen LogP contribution in [-0.2, 0) is 9.53 Å². The molecule has 3 rings (SSSR count). The molecule has 0 saturated carbocycles. The van der Waals surface area contributed by atoms with Gasteiger partial charge in [-0.25, -0.2) is 0 Å². The van der Waals surface area contributed by atoms with Crippen molar-refractivity contribution < 1.29 is 19.2 Å². The van der Waals surface area contributed by atoms with E-state index in [2.05, 4.69) is 22.8 Å². The van der Waals surface area contributed by atoms with Gasteiger partial charge in [-0.1, -0.05) is 17.7 Å². The molecular formula is C19H24ClN2O3S+. The number of benzene rings is 1. The third-order valence-electron chi connectivity index (χ3n) is 4.51. The third kappa shape index (κ3) is 5.20. The average Bonchev–Trinajstić information content (AvgIpc) is 3.16. The Labute approximate surface area is 162 Å². The normalized spacial score (nSPS) is 16.2. The van der Waals surface area contributed by atoms with Gasteiger partial charge in [0.15, 0.2) is 6.61 Å². The van der Waals surface area contributed by atoms with Crippen LogP contribution in [0.3, 0.4) is 0 Å². The summed E-state index contributed by atoms with van der Waals surface area (Å²) >= 11 is 7.67. The second-order valence-corrected chi connectivity index (χ2v) is 7.76. The quantitative estimate of drug-likeness (QED) is 0.752. The van der Waals surface area contributed by atoms with Crippen molar-refractivity contribution in [3.63, 3.8) is 0 Å². The predicted octanol–water partition coefficient (Wildman–Crippen LogP) is 1.86. The number of halogens is 1. The van der Waals surface area contributed by atoms with Crippen LogP contribution in [0.25, 0.3) is 0 Å². The number of nitrogens with one attached hydrogen (secondary N) is 2. The van der Waals surface area contributed by atoms with E-state index >= 15 is 0 Å². The molecule has 1 saturated heterocycles. The summed E-state index contributed by atoms with van der Waals surface area (Å²) in [6.07, 6.45) is 0. The van der Waals surface area contributed by atoms with E-state index in [1.807, 2.05) is 13.0 Å². The minimum absolute atomic E-state index is 0.00191. The summed E-state index contributed by atoms with van der Waals surface area (Å²) in [5.41, 5.74) is 0.916. The summed E-state index contributed by atoms with van der Waals surface area (Å²) in [4.78, 5) is 15.0. The van der Waals surface area contributed by atoms with Crippen LogP contribution >= 0.6 is 22.9 Å². The summed E-state index contributed by atoms with van der Waals surface area (Å²) in [6, 6.07) is 9.82. The van der Waals surface area contributed by atoms with Crippen LogP contribution in [0.1, 0.15) is 16.5 Å². The predicted molar refractivity (Wildman–Crippen MR) is 103 cm³/mol. The van der Waals surface area contributed by atoms with Crippen LogP contribution in [0.15, 0.2) is 35.7 Å². The summed E-state index contributed by atoms with van der Waals surface area (Å²) < 4.78 is 11.1. The van der Waals surface area contributed by atoms with Crippen LogP contribution < -0.4 is 15.0 Å². The fourth-order valence-corrected chi connectivity index (χ4v) is 4.22. The number of morpholine rings is 1. The molecule has 0 bridgehead atoms. The Morgan fingerprint density at radius 3 is 2.88 bits per heavy atom. The minimum atomic E-state index is -0.117. The van der Waals surface area contributed by atoms with Crippen LogP contribution in [0.2, 0.25) is 5.02 Å². The summed E-state index contributed by atoms with van der Waals surface area (Å²) in [7, 11) is 0. The van der Waals surface area contributed by atoms with Gasteiger partial charge in [0.25, 0.3) is 5.91 Å². The minimum Gasteiger partial charge on any atom is -0.484 e. The van der Waals surface area contributed by atoms with Crippen molar-refractivity contribution in [2.24, 2.45) is 0 Å². The Kier molecular flexibility index (Phi) is 6.91. The van der Waals surface area contributed by atoms with Gasteiger partial charge < -0.3 is 19.7 Å². The Morgan fingerprint density at radius 2 is 2.19 bits per heavy atom. The molecule has 1 aromatic heterocycles. The van der Waals surface area contributed by atoms with Gasteiger partial charge in [0.05, 0.1) is 24.6 Å². The SMILES string of the molecule is Cc1cc(Cl)ccc1OCC(=O)NC[C@@H](c1cccs1)[NH+]1CCOCC1. The number of amides is 1. The smallest absolute Gasteiger partial charge is 0.258 e. The van der Waals surface area contributed by atoms with Gasteiger partial charge >= 0.3 is 0 Å². The second-order valence-electron chi connectivity index (χ2n) is 6.34. The first kappa shape index (κ1) is 19.2. The van der Waals surface area contributed by atoms with Gasteiger partial charge in [-0.15, -0.1) is 11.3 Å². The maximum Gasteiger partial charge on any atom is 0.258 e. The number of hydrogen-bond donors (Lipinski definition) is 2. The zero-order valence-electron chi connectivity index (χ0n) is 14.8. The molecule has 1 aliphatic heterocycles. The van der Waals surface area contributed by atoms with Gasteiger partial charge in [0.2, 0.25) is 0 Å². The fourth-order valence-electron chi connectivity index (χ4n) is 3.10. The highest BCUT2D eigenvalue weighted by Crippen LogP contribution is 2.21. The molecule has 0 aliphatic carbocycles. The molecule has 1 amide bonds. The summed E-state index contributed by atoms with van der Waals surface area (Å²) in [5.74, 6) is 0.562. The maximum atomic E-state index is 12.3. The van der Waals surface area contributed by atoms with Crippen molar-refractivity contribution >= 4 is 28.8 Å². The topological polar surface area (TPSA) is 52.0 Å². The van der Waals surface area contributed by atoms with E-state index in [4.69, 9.17) is 21.1 Å². The van der Waals surface area contributed by atoms with Crippen molar-refractivity contribution in [2.45, 2.75) is 13.0 Å². The van der Waals surface area contributed by atoms with Crippen molar-refractivity contribution in [3.8, 4) is 5.75 Å². The molecular weight excluding hydrogens is 372 g/mol. The molecule has 2 heterocycles. The zero-order valence-corrected chi connectivity index (χ0v) is 16.4. The Balaban J connectivity index is 1.53. The first-order valence-electron chi connectivity index (χ1n) is 8.75. The highest BCUT2D eigenvalue weighted by molar-refractivity contribution is 7.10. The zero-order chi connectivity index (χ0) is 18.4. The van der Waals surface area contributed by atoms with E-state index in [1.165, 1.54) is 9.78 Å². The standard InChI is InChI=1S/C19H23ClN2O3S/c1-14-11-15(20)4-5-17(14)25-13-19(23)21-12-16(18-3-2-10-26-18)22-6-8-24-9-7-22/h2-5,10-11,16H,6-9,12-13H2,1H3,(H,21,23)/p+1/t16-/m0/s1. The lowest BCUT2D eigenvalue weighted by atomic mass is 10.2. The summed E-state index contributed by atoms with van der Waals surface area (Å²) in [5, 5.41) is 5.76. The lowest BCUT2D eigenvalue weighted by molar-refractivity contribution is -0.937. The largest absolute Gasteiger partial charge is 0.484 e. The number of rotatable bonds is 7. The monoisotopic (exact) mass is 395 g/mol. The van der Waals surface area contributed by atoms with Gasteiger partial charge in [-0.05, 0) is 42.1 Å². The lowest BCUT2D eigenvalue weighted by Gasteiger charge is -2.31. The molecule has 140 valence electrons. The van der Waals surface area contributed by atoms with Crippen LogP contribution in [0.5, 0.6) is 5.75 Å². The number of ether oxygens (including phenoxy) is 2. The second kappa shape index (κ2) is 9.37. The molecule has 1 aromatic carbocycles. The highest BCUT2D eigenvalue weighted by atomic mass is 35.5. The molecule has 1 atom stereocenters. The van der Waals surface area contributed by atoms with E-state index in [9.17, 15) is 4.79 Å². The van der Waals surface area contributed by atoms with Gasteiger partial charge in [-0.2, -0.15) is 0 Å².